The van der Waals surface area contributed by atoms with Gasteiger partial charge >= 0.3 is 0 Å². The average molecular weight is 272 g/mol. The molecular weight excluding hydrogens is 254 g/mol. The van der Waals surface area contributed by atoms with Crippen LogP contribution in [0.2, 0.25) is 0 Å². The molecule has 15 heavy (non-hydrogen) atoms. The molecule has 2 nitrogen and oxygen atoms in total. The zero-order chi connectivity index (χ0) is 11.3. The third kappa shape index (κ3) is 4.22. The van der Waals surface area contributed by atoms with Crippen LogP contribution in [0.25, 0.3) is 0 Å². The van der Waals surface area contributed by atoms with E-state index < -0.39 is 0 Å². The molecule has 0 aliphatic carbocycles. The van der Waals surface area contributed by atoms with E-state index in [2.05, 4.69) is 40.3 Å². The lowest BCUT2D eigenvalue weighted by molar-refractivity contribution is 0.0870. The molecule has 1 N–H and O–H groups in total. The van der Waals surface area contributed by atoms with E-state index in [0.29, 0.717) is 6.10 Å². The SMILES string of the molecule is Cc1cccc(NCCOC(C)C)c1Br. The highest BCUT2D eigenvalue weighted by atomic mass is 79.9. The molecule has 3 heteroatoms. The molecule has 1 aromatic rings. The normalized spacial score (nSPS) is 10.7. The zero-order valence-electron chi connectivity index (χ0n) is 9.51. The predicted octanol–water partition coefficient (Wildman–Crippen LogP) is 3.59. The highest BCUT2D eigenvalue weighted by Gasteiger charge is 2.01. The van der Waals surface area contributed by atoms with Crippen molar-refractivity contribution in [1.82, 2.24) is 0 Å². The van der Waals surface area contributed by atoms with Crippen LogP contribution in [0.5, 0.6) is 0 Å². The Hall–Kier alpha value is -0.540. The third-order valence-electron chi connectivity index (χ3n) is 2.06. The van der Waals surface area contributed by atoms with Gasteiger partial charge in [0.1, 0.15) is 0 Å². The maximum Gasteiger partial charge on any atom is 0.0642 e. The molecular formula is C12H18BrNO. The van der Waals surface area contributed by atoms with E-state index in [1.165, 1.54) is 5.56 Å². The highest BCUT2D eigenvalue weighted by Crippen LogP contribution is 2.25. The molecule has 0 amide bonds. The van der Waals surface area contributed by atoms with Gasteiger partial charge in [0.2, 0.25) is 0 Å². The van der Waals surface area contributed by atoms with Gasteiger partial charge in [-0.1, -0.05) is 12.1 Å². The second-order valence-corrected chi connectivity index (χ2v) is 4.58. The summed E-state index contributed by atoms with van der Waals surface area (Å²) in [5.41, 5.74) is 2.37. The quantitative estimate of drug-likeness (QED) is 0.827. The van der Waals surface area contributed by atoms with Crippen LogP contribution >= 0.6 is 15.9 Å². The summed E-state index contributed by atoms with van der Waals surface area (Å²) >= 11 is 3.56. The average Bonchev–Trinajstić information content (AvgIpc) is 2.18. The van der Waals surface area contributed by atoms with Crippen molar-refractivity contribution in [3.63, 3.8) is 0 Å². The molecule has 0 heterocycles. The molecule has 0 aliphatic rings. The number of ether oxygens (including phenoxy) is 1. The predicted molar refractivity (Wildman–Crippen MR) is 68.5 cm³/mol. The zero-order valence-corrected chi connectivity index (χ0v) is 11.1. The molecule has 0 unspecified atom stereocenters. The maximum absolute atomic E-state index is 5.46. The Balaban J connectivity index is 2.41. The summed E-state index contributed by atoms with van der Waals surface area (Å²) in [6, 6.07) is 6.19. The molecule has 0 bridgehead atoms. The monoisotopic (exact) mass is 271 g/mol. The van der Waals surface area contributed by atoms with E-state index in [0.717, 1.165) is 23.3 Å². The number of hydrogen-bond donors (Lipinski definition) is 1. The van der Waals surface area contributed by atoms with Gasteiger partial charge in [0.15, 0.2) is 0 Å². The second-order valence-electron chi connectivity index (χ2n) is 3.78. The van der Waals surface area contributed by atoms with E-state index in [9.17, 15) is 0 Å². The summed E-state index contributed by atoms with van der Waals surface area (Å²) in [5, 5.41) is 3.34. The van der Waals surface area contributed by atoms with Gasteiger partial charge in [0.05, 0.1) is 12.7 Å². The van der Waals surface area contributed by atoms with Crippen LogP contribution in [0.15, 0.2) is 22.7 Å². The van der Waals surface area contributed by atoms with Gasteiger partial charge in [-0.2, -0.15) is 0 Å². The topological polar surface area (TPSA) is 21.3 Å². The van der Waals surface area contributed by atoms with Gasteiger partial charge in [-0.3, -0.25) is 0 Å². The number of benzene rings is 1. The fourth-order valence-electron chi connectivity index (χ4n) is 1.26. The molecule has 1 aromatic carbocycles. The van der Waals surface area contributed by atoms with Crippen LogP contribution in [0.1, 0.15) is 19.4 Å². The van der Waals surface area contributed by atoms with E-state index >= 15 is 0 Å². The van der Waals surface area contributed by atoms with E-state index in [4.69, 9.17) is 4.74 Å². The minimum absolute atomic E-state index is 0.299. The van der Waals surface area contributed by atoms with Gasteiger partial charge < -0.3 is 10.1 Å². The smallest absolute Gasteiger partial charge is 0.0642 e. The van der Waals surface area contributed by atoms with E-state index in [-0.39, 0.29) is 0 Å². The fourth-order valence-corrected chi connectivity index (χ4v) is 1.67. The molecule has 0 saturated carbocycles. The van der Waals surface area contributed by atoms with Crippen LogP contribution < -0.4 is 5.32 Å². The number of rotatable bonds is 5. The highest BCUT2D eigenvalue weighted by molar-refractivity contribution is 9.10. The number of anilines is 1. The summed E-state index contributed by atoms with van der Waals surface area (Å²) in [6.45, 7) is 7.74. The van der Waals surface area contributed by atoms with Crippen molar-refractivity contribution in [2.75, 3.05) is 18.5 Å². The minimum Gasteiger partial charge on any atom is -0.382 e. The van der Waals surface area contributed by atoms with Gasteiger partial charge in [0.25, 0.3) is 0 Å². The lowest BCUT2D eigenvalue weighted by Crippen LogP contribution is -2.13. The number of halogens is 1. The Kier molecular flexibility index (Phi) is 5.12. The largest absolute Gasteiger partial charge is 0.382 e. The Labute approximate surface area is 100 Å². The van der Waals surface area contributed by atoms with Crippen molar-refractivity contribution in [2.24, 2.45) is 0 Å². The van der Waals surface area contributed by atoms with Crippen LogP contribution in [0.4, 0.5) is 5.69 Å². The first-order valence-electron chi connectivity index (χ1n) is 5.22. The maximum atomic E-state index is 5.46. The molecule has 0 saturated heterocycles. The van der Waals surface area contributed by atoms with Crippen LogP contribution in [0.3, 0.4) is 0 Å². The van der Waals surface area contributed by atoms with E-state index in [1.807, 2.05) is 19.9 Å². The Bertz CT molecular complexity index is 312. The van der Waals surface area contributed by atoms with Crippen molar-refractivity contribution >= 4 is 21.6 Å². The summed E-state index contributed by atoms with van der Waals surface area (Å²) in [7, 11) is 0. The minimum atomic E-state index is 0.299. The number of hydrogen-bond acceptors (Lipinski definition) is 2. The summed E-state index contributed by atoms with van der Waals surface area (Å²) in [4.78, 5) is 0. The Morgan fingerprint density at radius 2 is 2.13 bits per heavy atom. The molecule has 0 spiro atoms. The molecule has 0 atom stereocenters. The molecule has 0 radical (unpaired) electrons. The number of nitrogens with one attached hydrogen (secondary N) is 1. The van der Waals surface area contributed by atoms with Crippen LogP contribution in [-0.2, 0) is 4.74 Å². The first kappa shape index (κ1) is 12.5. The summed E-state index contributed by atoms with van der Waals surface area (Å²) < 4.78 is 6.59. The van der Waals surface area contributed by atoms with Gasteiger partial charge in [-0.05, 0) is 48.3 Å². The van der Waals surface area contributed by atoms with Gasteiger partial charge in [0, 0.05) is 16.7 Å². The number of aryl methyl sites for hydroxylation is 1. The standard InChI is InChI=1S/C12H18BrNO/c1-9(2)15-8-7-14-11-6-4-5-10(3)12(11)13/h4-6,9,14H,7-8H2,1-3H3. The summed E-state index contributed by atoms with van der Waals surface area (Å²) in [5.74, 6) is 0. The fraction of sp³-hybridized carbons (Fsp3) is 0.500. The van der Waals surface area contributed by atoms with Crippen molar-refractivity contribution in [3.05, 3.63) is 28.2 Å². The van der Waals surface area contributed by atoms with Crippen molar-refractivity contribution in [3.8, 4) is 0 Å². The van der Waals surface area contributed by atoms with Crippen molar-refractivity contribution in [2.45, 2.75) is 26.9 Å². The Morgan fingerprint density at radius 3 is 2.80 bits per heavy atom. The van der Waals surface area contributed by atoms with Crippen LogP contribution in [0, 0.1) is 6.92 Å². The Morgan fingerprint density at radius 1 is 1.40 bits per heavy atom. The molecule has 1 rings (SSSR count). The molecule has 84 valence electrons. The first-order valence-corrected chi connectivity index (χ1v) is 6.01. The molecule has 0 fully saturated rings. The second kappa shape index (κ2) is 6.13. The third-order valence-corrected chi connectivity index (χ3v) is 3.11. The molecule has 0 aromatic heterocycles. The van der Waals surface area contributed by atoms with Crippen molar-refractivity contribution < 1.29 is 4.74 Å². The first-order chi connectivity index (χ1) is 7.11. The lowest BCUT2D eigenvalue weighted by Gasteiger charge is -2.11. The van der Waals surface area contributed by atoms with Crippen molar-refractivity contribution in [1.29, 1.82) is 0 Å². The summed E-state index contributed by atoms with van der Waals surface area (Å²) in [6.07, 6.45) is 0.299. The lowest BCUT2D eigenvalue weighted by atomic mass is 10.2. The van der Waals surface area contributed by atoms with Gasteiger partial charge in [-0.15, -0.1) is 0 Å². The van der Waals surface area contributed by atoms with E-state index in [1.54, 1.807) is 0 Å². The van der Waals surface area contributed by atoms with Crippen LogP contribution in [-0.4, -0.2) is 19.3 Å². The molecule has 0 aliphatic heterocycles. The van der Waals surface area contributed by atoms with Gasteiger partial charge in [-0.25, -0.2) is 0 Å².